The number of hydrogen-bond donors (Lipinski definition) is 1. The first kappa shape index (κ1) is 19.4. The Morgan fingerprint density at radius 2 is 1.64 bits per heavy atom. The van der Waals surface area contributed by atoms with Crippen molar-refractivity contribution < 1.29 is 4.74 Å². The van der Waals surface area contributed by atoms with E-state index in [0.717, 1.165) is 30.2 Å². The number of unbranched alkanes of at least 4 members (excludes halogenated alkanes) is 5. The second-order valence-electron chi connectivity index (χ2n) is 7.73. The van der Waals surface area contributed by atoms with Crippen LogP contribution in [0, 0.1) is 0 Å². The van der Waals surface area contributed by atoms with E-state index in [-0.39, 0.29) is 5.41 Å². The molecule has 25 heavy (non-hydrogen) atoms. The van der Waals surface area contributed by atoms with Gasteiger partial charge in [-0.25, -0.2) is 4.68 Å². The SMILES string of the molecule is CCCCCCCCOc1ccc(-n2nc(C(C)(C)C)cc2N)cc1. The fourth-order valence-corrected chi connectivity index (χ4v) is 2.72. The number of nitrogens with zero attached hydrogens (tertiary/aromatic N) is 2. The lowest BCUT2D eigenvalue weighted by molar-refractivity contribution is 0.304. The number of nitrogens with two attached hydrogens (primary N) is 1. The lowest BCUT2D eigenvalue weighted by Crippen LogP contribution is -2.12. The van der Waals surface area contributed by atoms with E-state index in [0.29, 0.717) is 5.82 Å². The van der Waals surface area contributed by atoms with Gasteiger partial charge in [0, 0.05) is 11.5 Å². The quantitative estimate of drug-likeness (QED) is 0.612. The van der Waals surface area contributed by atoms with Crippen LogP contribution in [0.3, 0.4) is 0 Å². The molecular weight excluding hydrogens is 310 g/mol. The van der Waals surface area contributed by atoms with Crippen molar-refractivity contribution >= 4 is 5.82 Å². The van der Waals surface area contributed by atoms with Gasteiger partial charge in [-0.1, -0.05) is 59.8 Å². The summed E-state index contributed by atoms with van der Waals surface area (Å²) < 4.78 is 7.62. The summed E-state index contributed by atoms with van der Waals surface area (Å²) in [6, 6.07) is 9.94. The lowest BCUT2D eigenvalue weighted by atomic mass is 9.92. The normalized spacial score (nSPS) is 11.7. The highest BCUT2D eigenvalue weighted by molar-refractivity contribution is 5.45. The van der Waals surface area contributed by atoms with Gasteiger partial charge in [0.1, 0.15) is 11.6 Å². The van der Waals surface area contributed by atoms with Crippen LogP contribution in [0.4, 0.5) is 5.82 Å². The molecule has 1 aromatic heterocycles. The predicted molar refractivity (Wildman–Crippen MR) is 106 cm³/mol. The lowest BCUT2D eigenvalue weighted by Gasteiger charge is -2.14. The van der Waals surface area contributed by atoms with Crippen LogP contribution < -0.4 is 10.5 Å². The third-order valence-corrected chi connectivity index (χ3v) is 4.35. The molecule has 4 nitrogen and oxygen atoms in total. The molecule has 0 fully saturated rings. The summed E-state index contributed by atoms with van der Waals surface area (Å²) in [5.74, 6) is 1.56. The minimum absolute atomic E-state index is 0.0143. The maximum Gasteiger partial charge on any atom is 0.127 e. The number of anilines is 1. The molecule has 0 aliphatic rings. The number of nitrogen functional groups attached to an aromatic ring is 1. The summed E-state index contributed by atoms with van der Waals surface area (Å²) in [6.45, 7) is 9.44. The molecule has 2 N–H and O–H groups in total. The number of rotatable bonds is 9. The Morgan fingerprint density at radius 3 is 2.24 bits per heavy atom. The fraction of sp³-hybridized carbons (Fsp3) is 0.571. The summed E-state index contributed by atoms with van der Waals surface area (Å²) in [4.78, 5) is 0. The molecule has 0 unspecified atom stereocenters. The standard InChI is InChI=1S/C21H33N3O/c1-5-6-7-8-9-10-15-25-18-13-11-17(12-14-18)24-20(22)16-19(23-24)21(2,3)4/h11-14,16H,5-10,15,22H2,1-4H3. The zero-order chi connectivity index (χ0) is 18.3. The highest BCUT2D eigenvalue weighted by Crippen LogP contribution is 2.25. The van der Waals surface area contributed by atoms with Gasteiger partial charge in [-0.15, -0.1) is 0 Å². The summed E-state index contributed by atoms with van der Waals surface area (Å²) in [7, 11) is 0. The highest BCUT2D eigenvalue weighted by atomic mass is 16.5. The van der Waals surface area contributed by atoms with Crippen LogP contribution in [0.1, 0.15) is 71.9 Å². The Labute approximate surface area is 152 Å². The third kappa shape index (κ3) is 5.80. The van der Waals surface area contributed by atoms with Gasteiger partial charge in [0.15, 0.2) is 0 Å². The number of aromatic nitrogens is 2. The van der Waals surface area contributed by atoms with Gasteiger partial charge in [-0.2, -0.15) is 5.10 Å². The molecule has 0 aliphatic heterocycles. The first-order valence-electron chi connectivity index (χ1n) is 9.51. The molecule has 0 atom stereocenters. The average molecular weight is 344 g/mol. The number of ether oxygens (including phenoxy) is 1. The van der Waals surface area contributed by atoms with Crippen molar-refractivity contribution in [3.8, 4) is 11.4 Å². The minimum atomic E-state index is -0.0143. The number of hydrogen-bond acceptors (Lipinski definition) is 3. The van der Waals surface area contributed by atoms with Crippen molar-refractivity contribution in [2.24, 2.45) is 0 Å². The van der Waals surface area contributed by atoms with Crippen molar-refractivity contribution in [3.63, 3.8) is 0 Å². The van der Waals surface area contributed by atoms with Gasteiger partial charge < -0.3 is 10.5 Å². The van der Waals surface area contributed by atoms with E-state index in [1.165, 1.54) is 32.1 Å². The molecule has 0 spiro atoms. The third-order valence-electron chi connectivity index (χ3n) is 4.35. The Kier molecular flexibility index (Phi) is 6.91. The molecule has 2 aromatic rings. The average Bonchev–Trinajstić information content (AvgIpc) is 2.97. The summed E-state index contributed by atoms with van der Waals surface area (Å²) in [5, 5.41) is 4.64. The van der Waals surface area contributed by atoms with E-state index in [1.807, 2.05) is 30.3 Å². The van der Waals surface area contributed by atoms with Gasteiger partial charge >= 0.3 is 0 Å². The van der Waals surface area contributed by atoms with Crippen molar-refractivity contribution in [3.05, 3.63) is 36.0 Å². The monoisotopic (exact) mass is 343 g/mol. The zero-order valence-corrected chi connectivity index (χ0v) is 16.2. The van der Waals surface area contributed by atoms with Crippen LogP contribution in [0.2, 0.25) is 0 Å². The minimum Gasteiger partial charge on any atom is -0.494 e. The summed E-state index contributed by atoms with van der Waals surface area (Å²) in [6.07, 6.45) is 7.65. The smallest absolute Gasteiger partial charge is 0.127 e. The summed E-state index contributed by atoms with van der Waals surface area (Å²) in [5.41, 5.74) is 8.06. The van der Waals surface area contributed by atoms with Crippen LogP contribution in [0.5, 0.6) is 5.75 Å². The Morgan fingerprint density at radius 1 is 1.00 bits per heavy atom. The molecule has 138 valence electrons. The maximum atomic E-state index is 6.13. The van der Waals surface area contributed by atoms with Crippen molar-refractivity contribution in [2.45, 2.75) is 71.6 Å². The molecule has 0 saturated carbocycles. The molecule has 4 heteroatoms. The van der Waals surface area contributed by atoms with Crippen molar-refractivity contribution in [1.29, 1.82) is 0 Å². The van der Waals surface area contributed by atoms with Gasteiger partial charge in [-0.3, -0.25) is 0 Å². The number of benzene rings is 1. The van der Waals surface area contributed by atoms with Crippen LogP contribution in [-0.2, 0) is 5.41 Å². The molecule has 0 amide bonds. The molecule has 1 aromatic carbocycles. The highest BCUT2D eigenvalue weighted by Gasteiger charge is 2.19. The molecule has 0 bridgehead atoms. The largest absolute Gasteiger partial charge is 0.494 e. The Bertz CT molecular complexity index is 638. The van der Waals surface area contributed by atoms with Crippen LogP contribution in [-0.4, -0.2) is 16.4 Å². The van der Waals surface area contributed by atoms with Gasteiger partial charge in [0.2, 0.25) is 0 Å². The fourth-order valence-electron chi connectivity index (χ4n) is 2.72. The second kappa shape index (κ2) is 8.93. The van der Waals surface area contributed by atoms with E-state index in [9.17, 15) is 0 Å². The van der Waals surface area contributed by atoms with Gasteiger partial charge in [0.25, 0.3) is 0 Å². The topological polar surface area (TPSA) is 53.1 Å². The van der Waals surface area contributed by atoms with Crippen LogP contribution in [0.25, 0.3) is 5.69 Å². The van der Waals surface area contributed by atoms with Gasteiger partial charge in [-0.05, 0) is 30.7 Å². The first-order valence-corrected chi connectivity index (χ1v) is 9.51. The van der Waals surface area contributed by atoms with E-state index in [2.05, 4.69) is 32.8 Å². The summed E-state index contributed by atoms with van der Waals surface area (Å²) >= 11 is 0. The van der Waals surface area contributed by atoms with E-state index in [1.54, 1.807) is 4.68 Å². The Balaban J connectivity index is 1.87. The predicted octanol–water partition coefficient (Wildman–Crippen LogP) is 5.49. The first-order chi connectivity index (χ1) is 11.9. The maximum absolute atomic E-state index is 6.13. The molecule has 1 heterocycles. The van der Waals surface area contributed by atoms with E-state index < -0.39 is 0 Å². The Hall–Kier alpha value is -1.97. The van der Waals surface area contributed by atoms with Crippen molar-refractivity contribution in [1.82, 2.24) is 9.78 Å². The molecule has 0 saturated heterocycles. The van der Waals surface area contributed by atoms with Crippen molar-refractivity contribution in [2.75, 3.05) is 12.3 Å². The van der Waals surface area contributed by atoms with Gasteiger partial charge in [0.05, 0.1) is 18.0 Å². The molecule has 0 radical (unpaired) electrons. The molecular formula is C21H33N3O. The second-order valence-corrected chi connectivity index (χ2v) is 7.73. The van der Waals surface area contributed by atoms with E-state index in [4.69, 9.17) is 10.5 Å². The van der Waals surface area contributed by atoms with Crippen LogP contribution in [0.15, 0.2) is 30.3 Å². The van der Waals surface area contributed by atoms with E-state index >= 15 is 0 Å². The molecule has 0 aliphatic carbocycles. The van der Waals surface area contributed by atoms with Crippen LogP contribution >= 0.6 is 0 Å². The molecule has 2 rings (SSSR count). The zero-order valence-electron chi connectivity index (χ0n) is 16.2.